The molecule has 2 fully saturated rings. The van der Waals surface area contributed by atoms with Crippen LogP contribution in [0.4, 0.5) is 5.69 Å². The first kappa shape index (κ1) is 15.6. The lowest BCUT2D eigenvalue weighted by molar-refractivity contribution is -0.386. The summed E-state index contributed by atoms with van der Waals surface area (Å²) in [6.45, 7) is 2.14. The lowest BCUT2D eigenvalue weighted by atomic mass is 9.69. The van der Waals surface area contributed by atoms with Crippen molar-refractivity contribution in [1.82, 2.24) is 10.2 Å². The van der Waals surface area contributed by atoms with Crippen molar-refractivity contribution in [2.75, 3.05) is 19.6 Å². The molecular weight excluding hydrogens is 350 g/mol. The van der Waals surface area contributed by atoms with Crippen molar-refractivity contribution in [2.24, 2.45) is 0 Å². The first-order chi connectivity index (χ1) is 10.6. The second-order valence-corrected chi connectivity index (χ2v) is 6.86. The monoisotopic (exact) mass is 367 g/mol. The number of halogens is 1. The van der Waals surface area contributed by atoms with Crippen molar-refractivity contribution >= 4 is 27.9 Å². The van der Waals surface area contributed by atoms with Crippen molar-refractivity contribution < 1.29 is 9.72 Å². The summed E-state index contributed by atoms with van der Waals surface area (Å²) >= 11 is 3.31. The average Bonchev–Trinajstić information content (AvgIpc) is 2.47. The molecule has 3 rings (SSSR count). The average molecular weight is 368 g/mol. The van der Waals surface area contributed by atoms with Crippen LogP contribution in [0.15, 0.2) is 22.7 Å². The summed E-state index contributed by atoms with van der Waals surface area (Å²) in [4.78, 5) is 24.5. The molecule has 1 N–H and O–H groups in total. The Morgan fingerprint density at radius 2 is 2.23 bits per heavy atom. The summed E-state index contributed by atoms with van der Waals surface area (Å²) in [5.41, 5.74) is 0.640. The quantitative estimate of drug-likeness (QED) is 0.501. The van der Waals surface area contributed by atoms with Crippen molar-refractivity contribution in [3.63, 3.8) is 0 Å². The summed E-state index contributed by atoms with van der Waals surface area (Å²) in [5.74, 6) is 0. The molecule has 1 saturated heterocycles. The number of nitrogens with one attached hydrogen (secondary N) is 1. The van der Waals surface area contributed by atoms with Crippen LogP contribution < -0.4 is 5.32 Å². The summed E-state index contributed by atoms with van der Waals surface area (Å²) in [6.07, 6.45) is 3.79. The Bertz CT molecular complexity index is 604. The molecule has 1 unspecified atom stereocenters. The van der Waals surface area contributed by atoms with Gasteiger partial charge < -0.3 is 10.1 Å². The minimum Gasteiger partial charge on any atom is -0.305 e. The second-order valence-electron chi connectivity index (χ2n) is 5.95. The minimum atomic E-state index is -0.306. The molecule has 1 aromatic rings. The van der Waals surface area contributed by atoms with Crippen LogP contribution in [-0.4, -0.2) is 41.8 Å². The Balaban J connectivity index is 2.00. The first-order valence-corrected chi connectivity index (χ1v) is 8.24. The van der Waals surface area contributed by atoms with Crippen LogP contribution in [-0.2, 0) is 10.3 Å². The van der Waals surface area contributed by atoms with E-state index in [-0.39, 0.29) is 22.2 Å². The molecule has 6 nitrogen and oxygen atoms in total. The summed E-state index contributed by atoms with van der Waals surface area (Å²) in [5, 5.41) is 14.6. The standard InChI is InChI=1S/C15H18BrN3O3/c16-11-2-3-13(14(8-11)19(21)22)15(4-1-5-15)18-7-6-17-12(9-18)10-20/h2-3,8,10,12,17H,1,4-7,9H2. The highest BCUT2D eigenvalue weighted by Crippen LogP contribution is 2.50. The lowest BCUT2D eigenvalue weighted by Crippen LogP contribution is -2.61. The molecule has 2 aliphatic rings. The maximum absolute atomic E-state index is 11.5. The molecule has 1 aliphatic carbocycles. The van der Waals surface area contributed by atoms with E-state index in [1.807, 2.05) is 12.1 Å². The number of nitrogens with zero attached hydrogens (tertiary/aromatic N) is 2. The van der Waals surface area contributed by atoms with Crippen LogP contribution in [0.5, 0.6) is 0 Å². The van der Waals surface area contributed by atoms with Gasteiger partial charge in [-0.2, -0.15) is 0 Å². The van der Waals surface area contributed by atoms with Crippen LogP contribution in [0.3, 0.4) is 0 Å². The molecule has 1 aliphatic heterocycles. The van der Waals surface area contributed by atoms with Crippen molar-refractivity contribution in [2.45, 2.75) is 30.8 Å². The first-order valence-electron chi connectivity index (χ1n) is 7.45. The minimum absolute atomic E-state index is 0.162. The predicted octanol–water partition coefficient (Wildman–Crippen LogP) is 2.21. The Kier molecular flexibility index (Phi) is 4.29. The van der Waals surface area contributed by atoms with E-state index in [0.717, 1.165) is 44.2 Å². The van der Waals surface area contributed by atoms with Gasteiger partial charge in [-0.05, 0) is 31.4 Å². The number of aldehydes is 1. The molecule has 0 aromatic heterocycles. The molecule has 22 heavy (non-hydrogen) atoms. The SMILES string of the molecule is O=CC1CN(C2(c3ccc(Br)cc3[N+](=O)[O-])CCC2)CCN1. The molecule has 0 bridgehead atoms. The van der Waals surface area contributed by atoms with Gasteiger partial charge in [0, 0.05) is 30.2 Å². The normalized spacial score (nSPS) is 24.5. The highest BCUT2D eigenvalue weighted by molar-refractivity contribution is 9.10. The van der Waals surface area contributed by atoms with E-state index < -0.39 is 0 Å². The predicted molar refractivity (Wildman–Crippen MR) is 85.8 cm³/mol. The fourth-order valence-electron chi connectivity index (χ4n) is 3.58. The number of nitro benzene ring substituents is 1. The fraction of sp³-hybridized carbons (Fsp3) is 0.533. The van der Waals surface area contributed by atoms with Crippen LogP contribution in [0, 0.1) is 10.1 Å². The van der Waals surface area contributed by atoms with Crippen LogP contribution in [0.2, 0.25) is 0 Å². The zero-order valence-electron chi connectivity index (χ0n) is 12.1. The molecular formula is C15H18BrN3O3. The molecule has 7 heteroatoms. The van der Waals surface area contributed by atoms with Gasteiger partial charge >= 0.3 is 0 Å². The molecule has 0 spiro atoms. The molecule has 1 saturated carbocycles. The summed E-state index contributed by atoms with van der Waals surface area (Å²) < 4.78 is 0.712. The number of piperazine rings is 1. The molecule has 1 heterocycles. The molecule has 0 amide bonds. The number of carbonyl (C=O) groups excluding carboxylic acids is 1. The number of nitro groups is 1. The summed E-state index contributed by atoms with van der Waals surface area (Å²) in [7, 11) is 0. The third-order valence-corrected chi connectivity index (χ3v) is 5.31. The highest BCUT2D eigenvalue weighted by Gasteiger charge is 2.48. The maximum atomic E-state index is 11.5. The van der Waals surface area contributed by atoms with Gasteiger partial charge in [0.05, 0.1) is 22.1 Å². The Morgan fingerprint density at radius 3 is 2.82 bits per heavy atom. The van der Waals surface area contributed by atoms with Crippen molar-refractivity contribution in [3.05, 3.63) is 38.3 Å². The van der Waals surface area contributed by atoms with E-state index in [9.17, 15) is 14.9 Å². The van der Waals surface area contributed by atoms with Gasteiger partial charge in [-0.1, -0.05) is 15.9 Å². The van der Waals surface area contributed by atoms with E-state index >= 15 is 0 Å². The van der Waals surface area contributed by atoms with Crippen LogP contribution in [0.1, 0.15) is 24.8 Å². The Hall–Kier alpha value is -1.31. The molecule has 118 valence electrons. The number of carbonyl (C=O) groups is 1. The van der Waals surface area contributed by atoms with Crippen molar-refractivity contribution in [1.29, 1.82) is 0 Å². The van der Waals surface area contributed by atoms with Gasteiger partial charge in [-0.15, -0.1) is 0 Å². The highest BCUT2D eigenvalue weighted by atomic mass is 79.9. The molecule has 1 aromatic carbocycles. The Morgan fingerprint density at radius 1 is 1.45 bits per heavy atom. The van der Waals surface area contributed by atoms with Gasteiger partial charge in [0.2, 0.25) is 0 Å². The topological polar surface area (TPSA) is 75.5 Å². The number of hydrogen-bond donors (Lipinski definition) is 1. The largest absolute Gasteiger partial charge is 0.305 e. The van der Waals surface area contributed by atoms with E-state index in [0.29, 0.717) is 11.0 Å². The number of benzene rings is 1. The summed E-state index contributed by atoms with van der Waals surface area (Å²) in [6, 6.07) is 5.11. The maximum Gasteiger partial charge on any atom is 0.275 e. The number of rotatable bonds is 4. The fourth-order valence-corrected chi connectivity index (χ4v) is 3.92. The van der Waals surface area contributed by atoms with Gasteiger partial charge in [0.1, 0.15) is 6.29 Å². The van der Waals surface area contributed by atoms with Gasteiger partial charge in [0.15, 0.2) is 0 Å². The van der Waals surface area contributed by atoms with Gasteiger partial charge in [0.25, 0.3) is 5.69 Å². The van der Waals surface area contributed by atoms with Crippen LogP contribution >= 0.6 is 15.9 Å². The van der Waals surface area contributed by atoms with Crippen molar-refractivity contribution in [3.8, 4) is 0 Å². The number of hydrogen-bond acceptors (Lipinski definition) is 5. The van der Waals surface area contributed by atoms with Gasteiger partial charge in [-0.3, -0.25) is 15.0 Å². The van der Waals surface area contributed by atoms with E-state index in [1.165, 1.54) is 0 Å². The van der Waals surface area contributed by atoms with E-state index in [1.54, 1.807) is 6.07 Å². The third-order valence-electron chi connectivity index (χ3n) is 4.81. The second kappa shape index (κ2) is 6.06. The molecule has 1 atom stereocenters. The Labute approximate surface area is 137 Å². The van der Waals surface area contributed by atoms with E-state index in [4.69, 9.17) is 0 Å². The van der Waals surface area contributed by atoms with E-state index in [2.05, 4.69) is 26.1 Å². The lowest BCUT2D eigenvalue weighted by Gasteiger charge is -2.52. The zero-order valence-corrected chi connectivity index (χ0v) is 13.7. The van der Waals surface area contributed by atoms with Crippen LogP contribution in [0.25, 0.3) is 0 Å². The molecule has 0 radical (unpaired) electrons. The third kappa shape index (κ3) is 2.57. The smallest absolute Gasteiger partial charge is 0.275 e. The zero-order chi connectivity index (χ0) is 15.7. The van der Waals surface area contributed by atoms with Gasteiger partial charge in [-0.25, -0.2) is 0 Å².